The lowest BCUT2D eigenvalue weighted by atomic mass is 10.1. The Hall–Kier alpha value is -0.640. The van der Waals surface area contributed by atoms with Gasteiger partial charge in [0.25, 0.3) is 0 Å². The summed E-state index contributed by atoms with van der Waals surface area (Å²) in [6.07, 6.45) is 3.52. The molecule has 0 heterocycles. The maximum absolute atomic E-state index is 9.59. The minimum Gasteiger partial charge on any atom is -0.393 e. The van der Waals surface area contributed by atoms with Crippen molar-refractivity contribution in [2.45, 2.75) is 12.5 Å². The highest BCUT2D eigenvalue weighted by atomic mass is 16.3. The Morgan fingerprint density at radius 3 is 2.08 bits per heavy atom. The van der Waals surface area contributed by atoms with E-state index >= 15 is 0 Å². The molecule has 0 aliphatic rings. The van der Waals surface area contributed by atoms with Gasteiger partial charge in [-0.3, -0.25) is 4.90 Å². The second-order valence-electron chi connectivity index (χ2n) is 3.43. The maximum atomic E-state index is 9.59. The average Bonchev–Trinajstić information content (AvgIpc) is 2.05. The molecular weight excluding hydrogens is 166 g/mol. The number of aliphatic hydroxyl groups excluding tert-OH is 1. The smallest absolute Gasteiger partial charge is 0.0975 e. The van der Waals surface area contributed by atoms with Gasteiger partial charge in [-0.05, 0) is 6.92 Å². The molecule has 2 N–H and O–H groups in total. The van der Waals surface area contributed by atoms with Crippen LogP contribution in [0.1, 0.15) is 6.92 Å². The SMILES string of the molecule is C=CCN(CC=C)CC(C)(O)CO. The lowest BCUT2D eigenvalue weighted by Crippen LogP contribution is -2.43. The first kappa shape index (κ1) is 12.4. The van der Waals surface area contributed by atoms with E-state index in [4.69, 9.17) is 5.11 Å². The molecule has 0 aliphatic carbocycles. The predicted molar refractivity (Wildman–Crippen MR) is 54.5 cm³/mol. The number of hydrogen-bond donors (Lipinski definition) is 2. The molecular formula is C10H19NO2. The quantitative estimate of drug-likeness (QED) is 0.564. The highest BCUT2D eigenvalue weighted by Crippen LogP contribution is 2.05. The first-order valence-corrected chi connectivity index (χ1v) is 4.33. The van der Waals surface area contributed by atoms with Crippen LogP contribution in [-0.4, -0.2) is 47.0 Å². The Kier molecular flexibility index (Phi) is 5.62. The highest BCUT2D eigenvalue weighted by Gasteiger charge is 2.21. The molecule has 0 radical (unpaired) electrons. The van der Waals surface area contributed by atoms with Crippen molar-refractivity contribution in [1.82, 2.24) is 4.90 Å². The van der Waals surface area contributed by atoms with Gasteiger partial charge in [0.2, 0.25) is 0 Å². The standard InChI is InChI=1S/C10H19NO2/c1-4-6-11(7-5-2)8-10(3,13)9-12/h4-5,12-13H,1-2,6-9H2,3H3. The zero-order valence-corrected chi connectivity index (χ0v) is 8.24. The third-order valence-corrected chi connectivity index (χ3v) is 1.68. The van der Waals surface area contributed by atoms with Crippen LogP contribution in [0, 0.1) is 0 Å². The van der Waals surface area contributed by atoms with Crippen molar-refractivity contribution in [3.8, 4) is 0 Å². The third kappa shape index (κ3) is 5.58. The molecule has 0 fully saturated rings. The van der Waals surface area contributed by atoms with E-state index in [2.05, 4.69) is 13.2 Å². The lowest BCUT2D eigenvalue weighted by Gasteiger charge is -2.28. The van der Waals surface area contributed by atoms with Crippen LogP contribution in [0.25, 0.3) is 0 Å². The van der Waals surface area contributed by atoms with Gasteiger partial charge < -0.3 is 10.2 Å². The molecule has 3 heteroatoms. The van der Waals surface area contributed by atoms with E-state index in [0.717, 1.165) is 0 Å². The molecule has 1 atom stereocenters. The molecule has 0 aromatic carbocycles. The summed E-state index contributed by atoms with van der Waals surface area (Å²) in [5.74, 6) is 0. The van der Waals surface area contributed by atoms with Crippen molar-refractivity contribution >= 4 is 0 Å². The van der Waals surface area contributed by atoms with E-state index < -0.39 is 5.60 Å². The Morgan fingerprint density at radius 1 is 1.31 bits per heavy atom. The van der Waals surface area contributed by atoms with Crippen LogP contribution in [0.5, 0.6) is 0 Å². The van der Waals surface area contributed by atoms with Gasteiger partial charge in [-0.1, -0.05) is 12.2 Å². The van der Waals surface area contributed by atoms with Gasteiger partial charge in [0.15, 0.2) is 0 Å². The predicted octanol–water partition coefficient (Wildman–Crippen LogP) is 0.404. The Bertz CT molecular complexity index is 156. The minimum absolute atomic E-state index is 0.238. The molecule has 0 bridgehead atoms. The zero-order chi connectivity index (χ0) is 10.3. The molecule has 76 valence electrons. The van der Waals surface area contributed by atoms with Crippen molar-refractivity contribution in [2.75, 3.05) is 26.2 Å². The lowest BCUT2D eigenvalue weighted by molar-refractivity contribution is -0.0212. The number of hydrogen-bond acceptors (Lipinski definition) is 3. The molecule has 0 spiro atoms. The minimum atomic E-state index is -1.05. The van der Waals surface area contributed by atoms with Crippen LogP contribution in [-0.2, 0) is 0 Å². The number of nitrogens with zero attached hydrogens (tertiary/aromatic N) is 1. The molecule has 0 amide bonds. The number of rotatable bonds is 7. The van der Waals surface area contributed by atoms with Crippen molar-refractivity contribution in [3.05, 3.63) is 25.3 Å². The van der Waals surface area contributed by atoms with Crippen molar-refractivity contribution in [1.29, 1.82) is 0 Å². The van der Waals surface area contributed by atoms with Crippen LogP contribution in [0.2, 0.25) is 0 Å². The van der Waals surface area contributed by atoms with E-state index in [0.29, 0.717) is 19.6 Å². The highest BCUT2D eigenvalue weighted by molar-refractivity contribution is 4.84. The number of aliphatic hydroxyl groups is 2. The second kappa shape index (κ2) is 5.91. The average molecular weight is 185 g/mol. The van der Waals surface area contributed by atoms with Gasteiger partial charge in [0, 0.05) is 19.6 Å². The topological polar surface area (TPSA) is 43.7 Å². The molecule has 0 saturated heterocycles. The van der Waals surface area contributed by atoms with Crippen molar-refractivity contribution in [3.63, 3.8) is 0 Å². The summed E-state index contributed by atoms with van der Waals surface area (Å²) in [6, 6.07) is 0. The summed E-state index contributed by atoms with van der Waals surface area (Å²) < 4.78 is 0. The molecule has 13 heavy (non-hydrogen) atoms. The van der Waals surface area contributed by atoms with Crippen molar-refractivity contribution < 1.29 is 10.2 Å². The normalized spacial score (nSPS) is 15.4. The molecule has 0 aliphatic heterocycles. The van der Waals surface area contributed by atoms with E-state index in [1.807, 2.05) is 4.90 Å². The zero-order valence-electron chi connectivity index (χ0n) is 8.24. The van der Waals surface area contributed by atoms with Crippen LogP contribution in [0.15, 0.2) is 25.3 Å². The van der Waals surface area contributed by atoms with Gasteiger partial charge in [-0.25, -0.2) is 0 Å². The van der Waals surface area contributed by atoms with Gasteiger partial charge in [0.1, 0.15) is 0 Å². The van der Waals surface area contributed by atoms with E-state index in [-0.39, 0.29) is 6.61 Å². The van der Waals surface area contributed by atoms with E-state index in [1.165, 1.54) is 0 Å². The van der Waals surface area contributed by atoms with Crippen LogP contribution < -0.4 is 0 Å². The van der Waals surface area contributed by atoms with Gasteiger partial charge in [-0.15, -0.1) is 13.2 Å². The van der Waals surface area contributed by atoms with Crippen LogP contribution >= 0.6 is 0 Å². The second-order valence-corrected chi connectivity index (χ2v) is 3.43. The summed E-state index contributed by atoms with van der Waals surface area (Å²) in [7, 11) is 0. The largest absolute Gasteiger partial charge is 0.393 e. The fourth-order valence-electron chi connectivity index (χ4n) is 1.10. The molecule has 0 saturated carbocycles. The summed E-state index contributed by atoms with van der Waals surface area (Å²) in [5.41, 5.74) is -1.05. The Balaban J connectivity index is 4.06. The van der Waals surface area contributed by atoms with Crippen molar-refractivity contribution in [2.24, 2.45) is 0 Å². The summed E-state index contributed by atoms with van der Waals surface area (Å²) in [5, 5.41) is 18.4. The molecule has 0 rings (SSSR count). The summed E-state index contributed by atoms with van der Waals surface area (Å²) in [6.45, 7) is 10.4. The van der Waals surface area contributed by atoms with Gasteiger partial charge in [-0.2, -0.15) is 0 Å². The van der Waals surface area contributed by atoms with E-state index in [1.54, 1.807) is 19.1 Å². The first-order chi connectivity index (χ1) is 6.05. The van der Waals surface area contributed by atoms with Gasteiger partial charge >= 0.3 is 0 Å². The fraction of sp³-hybridized carbons (Fsp3) is 0.600. The molecule has 0 aromatic heterocycles. The molecule has 1 unspecified atom stereocenters. The molecule has 3 nitrogen and oxygen atoms in total. The Morgan fingerprint density at radius 2 is 1.77 bits per heavy atom. The fourth-order valence-corrected chi connectivity index (χ4v) is 1.10. The summed E-state index contributed by atoms with van der Waals surface area (Å²) in [4.78, 5) is 1.95. The first-order valence-electron chi connectivity index (χ1n) is 4.33. The van der Waals surface area contributed by atoms with Crippen LogP contribution in [0.3, 0.4) is 0 Å². The van der Waals surface area contributed by atoms with E-state index in [9.17, 15) is 5.11 Å². The Labute approximate surface area is 80.0 Å². The summed E-state index contributed by atoms with van der Waals surface area (Å²) >= 11 is 0. The van der Waals surface area contributed by atoms with Crippen LogP contribution in [0.4, 0.5) is 0 Å². The maximum Gasteiger partial charge on any atom is 0.0975 e. The molecule has 0 aromatic rings. The van der Waals surface area contributed by atoms with Gasteiger partial charge in [0.05, 0.1) is 12.2 Å². The third-order valence-electron chi connectivity index (χ3n) is 1.68. The monoisotopic (exact) mass is 185 g/mol.